The van der Waals surface area contributed by atoms with Crippen molar-refractivity contribution >= 4 is 13.1 Å². The van der Waals surface area contributed by atoms with E-state index < -0.39 is 24.1 Å². The average molecular weight is 394 g/mol. The van der Waals surface area contributed by atoms with Crippen LogP contribution in [0.5, 0.6) is 17.2 Å². The number of carbonyl (C=O) groups excluding carboxylic acids is 1. The largest absolute Gasteiger partial charge is 0.496 e. The van der Waals surface area contributed by atoms with E-state index in [1.165, 1.54) is 0 Å². The number of hydrogen-bond acceptors (Lipinski definition) is 7. The molecule has 0 aliphatic carbocycles. The predicted octanol–water partition coefficient (Wildman–Crippen LogP) is 3.38. The maximum atomic E-state index is 12.4. The van der Waals surface area contributed by atoms with Gasteiger partial charge in [-0.2, -0.15) is 0 Å². The van der Waals surface area contributed by atoms with Gasteiger partial charge in [-0.1, -0.05) is 0 Å². The number of rotatable bonds is 8. The molecule has 1 aromatic carbocycles. The molecule has 7 nitrogen and oxygen atoms in total. The van der Waals surface area contributed by atoms with Gasteiger partial charge in [-0.25, -0.2) is 0 Å². The Labute approximate surface area is 167 Å². The maximum absolute atomic E-state index is 12.4. The second-order valence-corrected chi connectivity index (χ2v) is 7.69. The number of benzene rings is 1. The number of carbonyl (C=O) groups is 1. The predicted molar refractivity (Wildman–Crippen MR) is 106 cm³/mol. The van der Waals surface area contributed by atoms with Gasteiger partial charge in [0.1, 0.15) is 17.2 Å². The van der Waals surface area contributed by atoms with Crippen LogP contribution in [0.1, 0.15) is 52.4 Å². The Kier molecular flexibility index (Phi) is 6.88. The lowest BCUT2D eigenvalue weighted by atomic mass is 9.65. The van der Waals surface area contributed by atoms with Crippen molar-refractivity contribution in [1.82, 2.24) is 0 Å². The van der Waals surface area contributed by atoms with E-state index in [0.717, 1.165) is 0 Å². The first-order valence-electron chi connectivity index (χ1n) is 9.41. The summed E-state index contributed by atoms with van der Waals surface area (Å²) in [7, 11) is 4.01. The van der Waals surface area contributed by atoms with Crippen molar-refractivity contribution in [2.75, 3.05) is 27.9 Å². The van der Waals surface area contributed by atoms with Crippen molar-refractivity contribution in [3.8, 4) is 17.2 Å². The molecule has 0 bridgehead atoms. The van der Waals surface area contributed by atoms with Gasteiger partial charge in [-0.3, -0.25) is 4.79 Å². The molecule has 1 aliphatic heterocycles. The van der Waals surface area contributed by atoms with E-state index in [0.29, 0.717) is 29.4 Å². The van der Waals surface area contributed by atoms with Crippen molar-refractivity contribution in [3.63, 3.8) is 0 Å². The zero-order valence-electron chi connectivity index (χ0n) is 18.1. The van der Waals surface area contributed by atoms with Gasteiger partial charge in [-0.15, -0.1) is 0 Å². The first kappa shape index (κ1) is 22.4. The molecule has 2 rings (SSSR count). The summed E-state index contributed by atoms with van der Waals surface area (Å²) in [5.41, 5.74) is -0.410. The van der Waals surface area contributed by atoms with E-state index in [1.807, 2.05) is 27.7 Å². The minimum Gasteiger partial charge on any atom is -0.496 e. The second kappa shape index (κ2) is 8.61. The summed E-state index contributed by atoms with van der Waals surface area (Å²) in [6.07, 6.45) is 0.0592. The summed E-state index contributed by atoms with van der Waals surface area (Å²) in [6.45, 7) is 9.95. The molecule has 0 N–H and O–H groups in total. The van der Waals surface area contributed by atoms with Crippen molar-refractivity contribution in [2.45, 2.75) is 58.1 Å². The Morgan fingerprint density at radius 2 is 1.50 bits per heavy atom. The second-order valence-electron chi connectivity index (χ2n) is 7.69. The third-order valence-corrected chi connectivity index (χ3v) is 5.42. The fourth-order valence-corrected chi connectivity index (χ4v) is 3.18. The number of hydrogen-bond donors (Lipinski definition) is 0. The van der Waals surface area contributed by atoms with Gasteiger partial charge in [0.15, 0.2) is 0 Å². The highest BCUT2D eigenvalue weighted by atomic mass is 16.7. The monoisotopic (exact) mass is 394 g/mol. The van der Waals surface area contributed by atoms with E-state index in [-0.39, 0.29) is 12.4 Å². The van der Waals surface area contributed by atoms with Crippen LogP contribution in [0.4, 0.5) is 0 Å². The smallest absolute Gasteiger partial charge is 0.466 e. The third-order valence-electron chi connectivity index (χ3n) is 5.42. The number of methoxy groups -OCH3 is 3. The van der Waals surface area contributed by atoms with Crippen LogP contribution in [0.25, 0.3) is 0 Å². The molecule has 1 unspecified atom stereocenters. The number of esters is 1. The molecule has 28 heavy (non-hydrogen) atoms. The van der Waals surface area contributed by atoms with Gasteiger partial charge < -0.3 is 28.3 Å². The average Bonchev–Trinajstić information content (AvgIpc) is 2.86. The molecule has 0 saturated carbocycles. The topological polar surface area (TPSA) is 72.5 Å². The summed E-state index contributed by atoms with van der Waals surface area (Å²) in [5.74, 6) is 0.805. The van der Waals surface area contributed by atoms with Gasteiger partial charge in [0.05, 0.1) is 45.6 Å². The van der Waals surface area contributed by atoms with Crippen LogP contribution in [-0.2, 0) is 18.8 Å². The fraction of sp³-hybridized carbons (Fsp3) is 0.650. The molecule has 1 aliphatic rings. The Morgan fingerprint density at radius 3 is 1.89 bits per heavy atom. The van der Waals surface area contributed by atoms with E-state index in [9.17, 15) is 4.79 Å². The zero-order chi connectivity index (χ0) is 21.1. The summed E-state index contributed by atoms with van der Waals surface area (Å²) in [4.78, 5) is 12.4. The van der Waals surface area contributed by atoms with Gasteiger partial charge in [-0.05, 0) is 34.6 Å². The van der Waals surface area contributed by atoms with Crippen LogP contribution in [0, 0.1) is 0 Å². The van der Waals surface area contributed by atoms with E-state index >= 15 is 0 Å². The van der Waals surface area contributed by atoms with Gasteiger partial charge in [0, 0.05) is 23.5 Å². The molecule has 1 atom stereocenters. The Morgan fingerprint density at radius 1 is 1.00 bits per heavy atom. The van der Waals surface area contributed by atoms with Crippen molar-refractivity contribution in [3.05, 3.63) is 17.7 Å². The van der Waals surface area contributed by atoms with Gasteiger partial charge in [0.25, 0.3) is 0 Å². The summed E-state index contributed by atoms with van der Waals surface area (Å²) in [6, 6.07) is 3.50. The first-order valence-corrected chi connectivity index (χ1v) is 9.41. The molecule has 156 valence electrons. The van der Waals surface area contributed by atoms with E-state index in [2.05, 4.69) is 0 Å². The molecule has 1 heterocycles. The van der Waals surface area contributed by atoms with Crippen LogP contribution in [0.3, 0.4) is 0 Å². The number of ether oxygens (including phenoxy) is 4. The highest BCUT2D eigenvalue weighted by Gasteiger charge is 2.55. The summed E-state index contributed by atoms with van der Waals surface area (Å²) < 4.78 is 34.2. The molecule has 0 spiro atoms. The third kappa shape index (κ3) is 4.38. The minimum absolute atomic E-state index is 0.0592. The quantitative estimate of drug-likeness (QED) is 0.494. The molecule has 1 saturated heterocycles. The maximum Gasteiger partial charge on any atom is 0.466 e. The fourth-order valence-electron chi connectivity index (χ4n) is 3.18. The Hall–Kier alpha value is -1.93. The highest BCUT2D eigenvalue weighted by molar-refractivity contribution is 6.48. The van der Waals surface area contributed by atoms with Crippen LogP contribution >= 0.6 is 0 Å². The molecule has 1 aromatic rings. The Balaban J connectivity index is 2.55. The lowest BCUT2D eigenvalue weighted by Crippen LogP contribution is -2.41. The van der Waals surface area contributed by atoms with E-state index in [4.69, 9.17) is 28.3 Å². The molecular weight excluding hydrogens is 363 g/mol. The Bertz CT molecular complexity index is 661. The molecule has 0 radical (unpaired) electrons. The van der Waals surface area contributed by atoms with E-state index in [1.54, 1.807) is 40.4 Å². The summed E-state index contributed by atoms with van der Waals surface area (Å²) in [5, 5.41) is 0. The van der Waals surface area contributed by atoms with Crippen molar-refractivity contribution in [1.29, 1.82) is 0 Å². The lowest BCUT2D eigenvalue weighted by molar-refractivity contribution is -0.143. The molecular formula is C20H31BO7. The molecule has 0 amide bonds. The van der Waals surface area contributed by atoms with Crippen LogP contribution < -0.4 is 14.2 Å². The van der Waals surface area contributed by atoms with Crippen LogP contribution in [-0.4, -0.2) is 52.2 Å². The summed E-state index contributed by atoms with van der Waals surface area (Å²) >= 11 is 0. The van der Waals surface area contributed by atoms with Gasteiger partial charge >= 0.3 is 13.1 Å². The van der Waals surface area contributed by atoms with Gasteiger partial charge in [0.2, 0.25) is 0 Å². The normalized spacial score (nSPS) is 18.5. The highest BCUT2D eigenvalue weighted by Crippen LogP contribution is 2.47. The molecule has 1 fully saturated rings. The van der Waals surface area contributed by atoms with Crippen molar-refractivity contribution in [2.24, 2.45) is 0 Å². The van der Waals surface area contributed by atoms with Crippen LogP contribution in [0.15, 0.2) is 12.1 Å². The minimum atomic E-state index is -0.675. The van der Waals surface area contributed by atoms with Crippen molar-refractivity contribution < 1.29 is 33.1 Å². The SMILES string of the molecule is CCOC(=O)CC(B1OC(C)(C)C(C)(C)O1)c1c(OC)cc(OC)cc1OC. The van der Waals surface area contributed by atoms with Crippen LogP contribution in [0.2, 0.25) is 0 Å². The zero-order valence-corrected chi connectivity index (χ0v) is 18.1. The standard InChI is InChI=1S/C20H31BO7/c1-9-26-17(22)12-14(21-27-19(2,3)20(4,5)28-21)18-15(24-7)10-13(23-6)11-16(18)25-8/h10-11,14H,9,12H2,1-8H3. The molecule has 8 heteroatoms. The molecule has 0 aromatic heterocycles. The first-order chi connectivity index (χ1) is 13.1. The lowest BCUT2D eigenvalue weighted by Gasteiger charge is -2.32.